The smallest absolute Gasteiger partial charge is 0.340 e. The summed E-state index contributed by atoms with van der Waals surface area (Å²) in [6.45, 7) is 3.19. The molecule has 0 aliphatic rings. The van der Waals surface area contributed by atoms with E-state index in [9.17, 15) is 23.2 Å². The molecule has 0 spiro atoms. The summed E-state index contributed by atoms with van der Waals surface area (Å²) < 4.78 is 31.6. The third-order valence-corrected chi connectivity index (χ3v) is 3.13. The van der Waals surface area contributed by atoms with Crippen molar-refractivity contribution in [2.24, 2.45) is 0 Å². The molecular weight excluding hydrogens is 326 g/mol. The SMILES string of the molecule is COC(=O)c1cc(NC(=O)NC(C)(C)CCC(=O)O)c(F)cc1F. The number of ether oxygens (including phenoxy) is 1. The Morgan fingerprint density at radius 1 is 1.21 bits per heavy atom. The fourth-order valence-electron chi connectivity index (χ4n) is 1.85. The summed E-state index contributed by atoms with van der Waals surface area (Å²) in [5, 5.41) is 13.3. The first kappa shape index (κ1) is 19.3. The Bertz CT molecular complexity index is 662. The van der Waals surface area contributed by atoms with E-state index in [1.54, 1.807) is 13.8 Å². The van der Waals surface area contributed by atoms with E-state index in [0.717, 1.165) is 13.2 Å². The van der Waals surface area contributed by atoms with Crippen LogP contribution in [0.1, 0.15) is 37.0 Å². The van der Waals surface area contributed by atoms with Crippen molar-refractivity contribution in [3.63, 3.8) is 0 Å². The van der Waals surface area contributed by atoms with Crippen LogP contribution in [0.2, 0.25) is 0 Å². The van der Waals surface area contributed by atoms with Crippen LogP contribution in [0.4, 0.5) is 19.3 Å². The number of carbonyl (C=O) groups is 3. The summed E-state index contributed by atoms with van der Waals surface area (Å²) in [6.07, 6.45) is -0.0141. The molecule has 0 unspecified atom stereocenters. The van der Waals surface area contributed by atoms with Gasteiger partial charge in [-0.1, -0.05) is 0 Å². The number of carboxylic acid groups (broad SMARTS) is 1. The van der Waals surface area contributed by atoms with Crippen molar-refractivity contribution in [1.82, 2.24) is 5.32 Å². The van der Waals surface area contributed by atoms with Crippen molar-refractivity contribution >= 4 is 23.7 Å². The van der Waals surface area contributed by atoms with Crippen molar-refractivity contribution in [2.75, 3.05) is 12.4 Å². The van der Waals surface area contributed by atoms with Crippen molar-refractivity contribution in [2.45, 2.75) is 32.2 Å². The lowest BCUT2D eigenvalue weighted by Crippen LogP contribution is -2.45. The number of hydrogen-bond acceptors (Lipinski definition) is 4. The lowest BCUT2D eigenvalue weighted by atomic mass is 9.99. The van der Waals surface area contributed by atoms with Gasteiger partial charge in [-0.05, 0) is 26.3 Å². The van der Waals surface area contributed by atoms with E-state index in [0.29, 0.717) is 6.07 Å². The number of halogens is 2. The normalized spacial score (nSPS) is 10.9. The Hall–Kier alpha value is -2.71. The van der Waals surface area contributed by atoms with Gasteiger partial charge in [0.2, 0.25) is 0 Å². The molecule has 0 bridgehead atoms. The van der Waals surface area contributed by atoms with Crippen LogP contribution >= 0.6 is 0 Å². The first-order valence-corrected chi connectivity index (χ1v) is 6.94. The fourth-order valence-corrected chi connectivity index (χ4v) is 1.85. The standard InChI is InChI=1S/C15H18F2N2O5/c1-15(2,5-4-12(20)21)19-14(23)18-11-6-8(13(22)24-3)9(16)7-10(11)17/h6-7H,4-5H2,1-3H3,(H,20,21)(H2,18,19,23). The maximum absolute atomic E-state index is 13.7. The van der Waals surface area contributed by atoms with Crippen LogP contribution in [0, 0.1) is 11.6 Å². The number of amides is 2. The number of esters is 1. The zero-order valence-corrected chi connectivity index (χ0v) is 13.4. The second-order valence-electron chi connectivity index (χ2n) is 5.66. The van der Waals surface area contributed by atoms with Gasteiger partial charge in [0.05, 0.1) is 18.4 Å². The topological polar surface area (TPSA) is 105 Å². The molecule has 0 aliphatic carbocycles. The molecule has 0 saturated heterocycles. The van der Waals surface area contributed by atoms with Crippen molar-refractivity contribution in [1.29, 1.82) is 0 Å². The molecule has 7 nitrogen and oxygen atoms in total. The van der Waals surface area contributed by atoms with E-state index in [-0.39, 0.29) is 12.8 Å². The number of anilines is 1. The zero-order valence-electron chi connectivity index (χ0n) is 13.4. The summed E-state index contributed by atoms with van der Waals surface area (Å²) >= 11 is 0. The Morgan fingerprint density at radius 3 is 2.38 bits per heavy atom. The molecule has 1 rings (SSSR count). The van der Waals surface area contributed by atoms with E-state index in [2.05, 4.69) is 15.4 Å². The van der Waals surface area contributed by atoms with Crippen molar-refractivity contribution in [3.8, 4) is 0 Å². The van der Waals surface area contributed by atoms with E-state index in [1.807, 2.05) is 0 Å². The van der Waals surface area contributed by atoms with Crippen molar-refractivity contribution in [3.05, 3.63) is 29.3 Å². The number of nitrogens with one attached hydrogen (secondary N) is 2. The number of methoxy groups -OCH3 is 1. The number of carboxylic acids is 1. The number of aliphatic carboxylic acids is 1. The second-order valence-corrected chi connectivity index (χ2v) is 5.66. The zero-order chi connectivity index (χ0) is 18.5. The van der Waals surface area contributed by atoms with Gasteiger partial charge in [-0.15, -0.1) is 0 Å². The number of hydrogen-bond donors (Lipinski definition) is 3. The van der Waals surface area contributed by atoms with Gasteiger partial charge >= 0.3 is 18.0 Å². The monoisotopic (exact) mass is 344 g/mol. The predicted molar refractivity (Wildman–Crippen MR) is 80.8 cm³/mol. The van der Waals surface area contributed by atoms with E-state index >= 15 is 0 Å². The maximum atomic E-state index is 13.7. The summed E-state index contributed by atoms with van der Waals surface area (Å²) in [5.41, 5.74) is -1.81. The molecule has 132 valence electrons. The molecule has 9 heteroatoms. The highest BCUT2D eigenvalue weighted by Crippen LogP contribution is 2.21. The third kappa shape index (κ3) is 5.49. The highest BCUT2D eigenvalue weighted by atomic mass is 19.1. The number of urea groups is 1. The van der Waals surface area contributed by atoms with Gasteiger partial charge in [0.1, 0.15) is 11.6 Å². The van der Waals surface area contributed by atoms with Crippen LogP contribution in [0.5, 0.6) is 0 Å². The fraction of sp³-hybridized carbons (Fsp3) is 0.400. The van der Waals surface area contributed by atoms with Gasteiger partial charge in [-0.25, -0.2) is 18.4 Å². The molecule has 1 aromatic carbocycles. The highest BCUT2D eigenvalue weighted by molar-refractivity contribution is 5.94. The molecule has 0 saturated carbocycles. The molecule has 0 aliphatic heterocycles. The minimum Gasteiger partial charge on any atom is -0.481 e. The van der Waals surface area contributed by atoms with Gasteiger partial charge in [-0.2, -0.15) is 0 Å². The van der Waals surface area contributed by atoms with Gasteiger partial charge in [0, 0.05) is 18.0 Å². The van der Waals surface area contributed by atoms with Crippen LogP contribution in [0.25, 0.3) is 0 Å². The third-order valence-electron chi connectivity index (χ3n) is 3.13. The van der Waals surface area contributed by atoms with Crippen LogP contribution in [-0.2, 0) is 9.53 Å². The Morgan fingerprint density at radius 2 is 1.83 bits per heavy atom. The molecule has 2 amide bonds. The Labute approximate surface area is 137 Å². The van der Waals surface area contributed by atoms with E-state index in [4.69, 9.17) is 5.11 Å². The van der Waals surface area contributed by atoms with E-state index in [1.165, 1.54) is 0 Å². The van der Waals surface area contributed by atoms with Gasteiger partial charge < -0.3 is 20.5 Å². The minimum atomic E-state index is -1.12. The molecule has 0 heterocycles. The van der Waals surface area contributed by atoms with Crippen LogP contribution in [0.3, 0.4) is 0 Å². The lowest BCUT2D eigenvalue weighted by molar-refractivity contribution is -0.137. The Balaban J connectivity index is 2.87. The summed E-state index contributed by atoms with van der Waals surface area (Å²) in [4.78, 5) is 33.9. The van der Waals surface area contributed by atoms with Gasteiger partial charge in [0.15, 0.2) is 0 Å². The molecule has 0 atom stereocenters. The van der Waals surface area contributed by atoms with Gasteiger partial charge in [-0.3, -0.25) is 4.79 Å². The quantitative estimate of drug-likeness (QED) is 0.688. The molecule has 0 fully saturated rings. The molecule has 1 aromatic rings. The molecule has 24 heavy (non-hydrogen) atoms. The summed E-state index contributed by atoms with van der Waals surface area (Å²) in [6, 6.07) is 0.448. The first-order chi connectivity index (χ1) is 11.1. The number of benzene rings is 1. The van der Waals surface area contributed by atoms with Crippen molar-refractivity contribution < 1.29 is 33.0 Å². The first-order valence-electron chi connectivity index (χ1n) is 6.94. The largest absolute Gasteiger partial charge is 0.481 e. The predicted octanol–water partition coefficient (Wildman–Crippen LogP) is 2.52. The average Bonchev–Trinajstić information content (AvgIpc) is 2.46. The van der Waals surface area contributed by atoms with Gasteiger partial charge in [0.25, 0.3) is 0 Å². The molecule has 0 aromatic heterocycles. The summed E-state index contributed by atoms with van der Waals surface area (Å²) in [5.74, 6) is -4.22. The maximum Gasteiger partial charge on any atom is 0.340 e. The van der Waals surface area contributed by atoms with E-state index < -0.39 is 46.4 Å². The van der Waals surface area contributed by atoms with Crippen LogP contribution in [0.15, 0.2) is 12.1 Å². The van der Waals surface area contributed by atoms with Crippen LogP contribution in [-0.4, -0.2) is 35.7 Å². The molecule has 3 N–H and O–H groups in total. The average molecular weight is 344 g/mol. The number of carbonyl (C=O) groups excluding carboxylic acids is 2. The molecular formula is C15H18F2N2O5. The highest BCUT2D eigenvalue weighted by Gasteiger charge is 2.23. The number of rotatable bonds is 6. The lowest BCUT2D eigenvalue weighted by Gasteiger charge is -2.25. The summed E-state index contributed by atoms with van der Waals surface area (Å²) in [7, 11) is 1.04. The Kier molecular flexibility index (Phi) is 6.21. The second kappa shape index (κ2) is 7.71. The molecule has 0 radical (unpaired) electrons. The minimum absolute atomic E-state index is 0.148. The van der Waals surface area contributed by atoms with Crippen LogP contribution < -0.4 is 10.6 Å².